The topological polar surface area (TPSA) is 84.3 Å². The van der Waals surface area contributed by atoms with Crippen molar-refractivity contribution in [2.75, 3.05) is 18.0 Å². The number of aromatic nitrogens is 2. The van der Waals surface area contributed by atoms with E-state index in [9.17, 15) is 14.4 Å². The van der Waals surface area contributed by atoms with Gasteiger partial charge in [-0.05, 0) is 32.0 Å². The molecule has 2 aromatic rings. The molecule has 0 spiro atoms. The third-order valence-electron chi connectivity index (χ3n) is 4.78. The Balaban J connectivity index is 1.57. The second kappa shape index (κ2) is 8.04. The highest BCUT2D eigenvalue weighted by molar-refractivity contribution is 9.10. The first-order valence-corrected chi connectivity index (χ1v) is 9.52. The Hall–Kier alpha value is -2.48. The lowest BCUT2D eigenvalue weighted by atomic mass is 10.1. The van der Waals surface area contributed by atoms with Crippen molar-refractivity contribution in [2.45, 2.75) is 26.8 Å². The van der Waals surface area contributed by atoms with Crippen molar-refractivity contribution >= 4 is 33.4 Å². The van der Waals surface area contributed by atoms with Crippen molar-refractivity contribution in [3.63, 3.8) is 0 Å². The van der Waals surface area contributed by atoms with Crippen LogP contribution in [0.2, 0.25) is 0 Å². The third-order valence-corrected chi connectivity index (χ3v) is 5.28. The molecule has 1 aromatic carbocycles. The lowest BCUT2D eigenvalue weighted by Gasteiger charge is -2.17. The Kier molecular flexibility index (Phi) is 5.74. The fraction of sp³-hybridized carbons (Fsp3) is 0.368. The highest BCUT2D eigenvalue weighted by atomic mass is 79.9. The minimum Gasteiger partial charge on any atom is -0.354 e. The van der Waals surface area contributed by atoms with Crippen LogP contribution in [0.3, 0.4) is 0 Å². The van der Waals surface area contributed by atoms with Crippen LogP contribution in [0.4, 0.5) is 5.69 Å². The molecule has 1 N–H and O–H groups in total. The molecule has 0 bridgehead atoms. The van der Waals surface area contributed by atoms with Gasteiger partial charge in [0.2, 0.25) is 11.8 Å². The summed E-state index contributed by atoms with van der Waals surface area (Å²) in [6, 6.07) is 7.45. The number of nitrogens with one attached hydrogen (secondary N) is 1. The van der Waals surface area contributed by atoms with Gasteiger partial charge in [0.25, 0.3) is 5.56 Å². The van der Waals surface area contributed by atoms with Gasteiger partial charge in [0, 0.05) is 47.5 Å². The lowest BCUT2D eigenvalue weighted by molar-refractivity contribution is -0.126. The molecule has 142 valence electrons. The van der Waals surface area contributed by atoms with Crippen molar-refractivity contribution in [1.82, 2.24) is 14.9 Å². The number of nitrogens with zero attached hydrogens (tertiary/aromatic N) is 3. The van der Waals surface area contributed by atoms with E-state index in [4.69, 9.17) is 0 Å². The second-order valence-corrected chi connectivity index (χ2v) is 7.55. The van der Waals surface area contributed by atoms with E-state index in [0.29, 0.717) is 30.9 Å². The minimum absolute atomic E-state index is 0.0668. The molecule has 2 amide bonds. The van der Waals surface area contributed by atoms with E-state index in [2.05, 4.69) is 26.2 Å². The van der Waals surface area contributed by atoms with Gasteiger partial charge in [-0.2, -0.15) is 0 Å². The van der Waals surface area contributed by atoms with Crippen molar-refractivity contribution in [3.8, 4) is 0 Å². The fourth-order valence-electron chi connectivity index (χ4n) is 3.06. The van der Waals surface area contributed by atoms with E-state index >= 15 is 0 Å². The van der Waals surface area contributed by atoms with Gasteiger partial charge in [0.05, 0.1) is 12.2 Å². The van der Waals surface area contributed by atoms with Gasteiger partial charge in [0.15, 0.2) is 0 Å². The Morgan fingerprint density at radius 1 is 1.33 bits per heavy atom. The van der Waals surface area contributed by atoms with Gasteiger partial charge in [-0.25, -0.2) is 4.98 Å². The SMILES string of the molecule is Cc1ncn(CCNC(=O)C2CC(=O)N(c3cccc(Br)c3)C2)c(=O)c1C. The van der Waals surface area contributed by atoms with Gasteiger partial charge < -0.3 is 10.2 Å². The van der Waals surface area contributed by atoms with E-state index in [1.54, 1.807) is 18.7 Å². The number of benzene rings is 1. The van der Waals surface area contributed by atoms with Gasteiger partial charge in [-0.3, -0.25) is 19.0 Å². The molecular weight excluding hydrogens is 412 g/mol. The quantitative estimate of drug-likeness (QED) is 0.780. The number of hydrogen-bond donors (Lipinski definition) is 1. The summed E-state index contributed by atoms with van der Waals surface area (Å²) in [5.74, 6) is -0.639. The first kappa shape index (κ1) is 19.3. The molecular formula is C19H21BrN4O3. The van der Waals surface area contributed by atoms with E-state index in [1.165, 1.54) is 10.9 Å². The van der Waals surface area contributed by atoms with Gasteiger partial charge in [-0.15, -0.1) is 0 Å². The summed E-state index contributed by atoms with van der Waals surface area (Å²) in [6.07, 6.45) is 1.68. The third kappa shape index (κ3) is 4.27. The number of anilines is 1. The summed E-state index contributed by atoms with van der Waals surface area (Å²) >= 11 is 3.39. The monoisotopic (exact) mass is 432 g/mol. The molecule has 1 atom stereocenters. The zero-order valence-electron chi connectivity index (χ0n) is 15.2. The fourth-order valence-corrected chi connectivity index (χ4v) is 3.44. The summed E-state index contributed by atoms with van der Waals surface area (Å²) < 4.78 is 2.36. The molecule has 2 heterocycles. The predicted octanol–water partition coefficient (Wildman–Crippen LogP) is 1.79. The zero-order chi connectivity index (χ0) is 19.6. The van der Waals surface area contributed by atoms with Crippen LogP contribution in [-0.4, -0.2) is 34.5 Å². The first-order valence-electron chi connectivity index (χ1n) is 8.73. The minimum atomic E-state index is -0.397. The summed E-state index contributed by atoms with van der Waals surface area (Å²) in [4.78, 5) is 42.7. The highest BCUT2D eigenvalue weighted by Gasteiger charge is 2.35. The summed E-state index contributed by atoms with van der Waals surface area (Å²) in [6.45, 7) is 4.53. The standard InChI is InChI=1S/C19H21BrN4O3/c1-12-13(2)22-11-23(19(12)27)7-6-21-18(26)14-8-17(25)24(10-14)16-5-3-4-15(20)9-16/h3-5,9,11,14H,6-8,10H2,1-2H3,(H,21,26). The molecule has 3 rings (SSSR count). The van der Waals surface area contributed by atoms with Crippen LogP contribution < -0.4 is 15.8 Å². The Bertz CT molecular complexity index is 941. The van der Waals surface area contributed by atoms with Crippen LogP contribution in [0.5, 0.6) is 0 Å². The van der Waals surface area contributed by atoms with Crippen molar-refractivity contribution in [3.05, 3.63) is 56.7 Å². The van der Waals surface area contributed by atoms with Gasteiger partial charge in [-0.1, -0.05) is 22.0 Å². The number of carbonyl (C=O) groups is 2. The molecule has 1 aliphatic rings. The van der Waals surface area contributed by atoms with Crippen LogP contribution in [0.15, 0.2) is 39.9 Å². The number of aryl methyl sites for hydroxylation is 1. The number of amides is 2. The average Bonchev–Trinajstić information content (AvgIpc) is 3.03. The maximum atomic E-state index is 12.4. The number of hydrogen-bond acceptors (Lipinski definition) is 4. The summed E-state index contributed by atoms with van der Waals surface area (Å²) in [7, 11) is 0. The molecule has 8 heteroatoms. The highest BCUT2D eigenvalue weighted by Crippen LogP contribution is 2.27. The molecule has 1 aliphatic heterocycles. The smallest absolute Gasteiger partial charge is 0.256 e. The van der Waals surface area contributed by atoms with E-state index in [-0.39, 0.29) is 23.8 Å². The predicted molar refractivity (Wildman–Crippen MR) is 106 cm³/mol. The van der Waals surface area contributed by atoms with Crippen molar-refractivity contribution in [2.24, 2.45) is 5.92 Å². The molecule has 0 radical (unpaired) electrons. The van der Waals surface area contributed by atoms with E-state index in [0.717, 1.165) is 10.2 Å². The van der Waals surface area contributed by atoms with E-state index in [1.807, 2.05) is 24.3 Å². The molecule has 1 unspecified atom stereocenters. The molecule has 1 saturated heterocycles. The van der Waals surface area contributed by atoms with Crippen LogP contribution in [0.25, 0.3) is 0 Å². The molecule has 27 heavy (non-hydrogen) atoms. The van der Waals surface area contributed by atoms with E-state index < -0.39 is 5.92 Å². The van der Waals surface area contributed by atoms with Crippen LogP contribution in [0.1, 0.15) is 17.7 Å². The van der Waals surface area contributed by atoms with Crippen molar-refractivity contribution < 1.29 is 9.59 Å². The van der Waals surface area contributed by atoms with Gasteiger partial charge in [0.1, 0.15) is 0 Å². The Labute approximate surface area is 165 Å². The maximum Gasteiger partial charge on any atom is 0.256 e. The molecule has 7 nitrogen and oxygen atoms in total. The molecule has 1 aromatic heterocycles. The second-order valence-electron chi connectivity index (χ2n) is 6.63. The zero-order valence-corrected chi connectivity index (χ0v) is 16.8. The number of carbonyl (C=O) groups excluding carboxylic acids is 2. The summed E-state index contributed by atoms with van der Waals surface area (Å²) in [5, 5.41) is 2.82. The lowest BCUT2D eigenvalue weighted by Crippen LogP contribution is -2.36. The molecule has 0 aliphatic carbocycles. The van der Waals surface area contributed by atoms with Gasteiger partial charge >= 0.3 is 0 Å². The number of rotatable bonds is 5. The normalized spacial score (nSPS) is 16.6. The Morgan fingerprint density at radius 2 is 2.11 bits per heavy atom. The molecule has 0 saturated carbocycles. The summed E-state index contributed by atoms with van der Waals surface area (Å²) in [5.41, 5.74) is 1.98. The first-order chi connectivity index (χ1) is 12.9. The largest absolute Gasteiger partial charge is 0.354 e. The van der Waals surface area contributed by atoms with Crippen LogP contribution >= 0.6 is 15.9 Å². The van der Waals surface area contributed by atoms with Crippen LogP contribution in [-0.2, 0) is 16.1 Å². The Morgan fingerprint density at radius 3 is 2.85 bits per heavy atom. The number of halogens is 1. The van der Waals surface area contributed by atoms with Crippen molar-refractivity contribution in [1.29, 1.82) is 0 Å². The van der Waals surface area contributed by atoms with Crippen LogP contribution in [0, 0.1) is 19.8 Å². The average molecular weight is 433 g/mol. The molecule has 1 fully saturated rings. The maximum absolute atomic E-state index is 12.4.